The third-order valence-corrected chi connectivity index (χ3v) is 4.72. The molecule has 0 bridgehead atoms. The van der Waals surface area contributed by atoms with Crippen LogP contribution in [0.2, 0.25) is 0 Å². The highest BCUT2D eigenvalue weighted by molar-refractivity contribution is 9.10. The lowest BCUT2D eigenvalue weighted by molar-refractivity contribution is -0.146. The van der Waals surface area contributed by atoms with Crippen LogP contribution in [0.25, 0.3) is 10.9 Å². The number of halogens is 1. The zero-order valence-electron chi connectivity index (χ0n) is 14.3. The average molecular weight is 401 g/mol. The molecule has 3 aromatic rings. The summed E-state index contributed by atoms with van der Waals surface area (Å²) in [7, 11) is 0. The molecule has 1 unspecified atom stereocenters. The van der Waals surface area contributed by atoms with E-state index in [1.165, 1.54) is 0 Å². The van der Waals surface area contributed by atoms with Gasteiger partial charge in [0.15, 0.2) is 0 Å². The molecule has 0 saturated carbocycles. The van der Waals surface area contributed by atoms with Crippen LogP contribution in [0.3, 0.4) is 0 Å². The first-order valence-corrected chi connectivity index (χ1v) is 9.13. The molecule has 2 N–H and O–H groups in total. The lowest BCUT2D eigenvalue weighted by atomic mass is 10.0. The van der Waals surface area contributed by atoms with E-state index in [1.807, 2.05) is 68.6 Å². The standard InChI is InChI=1S/C20H21BrN2O2/c1-3-25-20(24)19(23-13(2)14-7-5-4-6-8-14)17-12-22-18-11-15(21)9-10-16(17)18/h4-13,19,22-23H,3H2,1-2H3/t13-,19?/m1/s1. The van der Waals surface area contributed by atoms with Gasteiger partial charge in [-0.05, 0) is 31.5 Å². The molecule has 5 heteroatoms. The number of carbonyl (C=O) groups excluding carboxylic acids is 1. The van der Waals surface area contributed by atoms with E-state index in [-0.39, 0.29) is 12.0 Å². The number of rotatable bonds is 6. The molecule has 0 amide bonds. The van der Waals surface area contributed by atoms with Crippen molar-refractivity contribution in [1.82, 2.24) is 10.3 Å². The minimum atomic E-state index is -0.537. The maximum Gasteiger partial charge on any atom is 0.327 e. The molecule has 0 aliphatic heterocycles. The Morgan fingerprint density at radius 1 is 1.24 bits per heavy atom. The smallest absolute Gasteiger partial charge is 0.327 e. The lowest BCUT2D eigenvalue weighted by Gasteiger charge is -2.22. The van der Waals surface area contributed by atoms with Crippen molar-refractivity contribution in [2.45, 2.75) is 25.9 Å². The number of aromatic nitrogens is 1. The summed E-state index contributed by atoms with van der Waals surface area (Å²) >= 11 is 3.48. The van der Waals surface area contributed by atoms with Crippen molar-refractivity contribution >= 4 is 32.8 Å². The Kier molecular flexibility index (Phi) is 5.56. The fourth-order valence-electron chi connectivity index (χ4n) is 2.96. The van der Waals surface area contributed by atoms with Crippen molar-refractivity contribution in [3.8, 4) is 0 Å². The third kappa shape index (κ3) is 3.94. The minimum Gasteiger partial charge on any atom is -0.465 e. The van der Waals surface area contributed by atoms with Crippen molar-refractivity contribution in [1.29, 1.82) is 0 Å². The molecule has 0 radical (unpaired) electrons. The zero-order chi connectivity index (χ0) is 17.8. The summed E-state index contributed by atoms with van der Waals surface area (Å²) in [6, 6.07) is 15.5. The second-order valence-electron chi connectivity index (χ2n) is 5.92. The van der Waals surface area contributed by atoms with E-state index in [9.17, 15) is 4.79 Å². The zero-order valence-corrected chi connectivity index (χ0v) is 15.8. The van der Waals surface area contributed by atoms with Gasteiger partial charge in [0.1, 0.15) is 6.04 Å². The van der Waals surface area contributed by atoms with Crippen LogP contribution < -0.4 is 5.32 Å². The van der Waals surface area contributed by atoms with Gasteiger partial charge in [0.05, 0.1) is 6.61 Å². The molecule has 3 rings (SSSR count). The van der Waals surface area contributed by atoms with Gasteiger partial charge in [0.25, 0.3) is 0 Å². The van der Waals surface area contributed by atoms with E-state index in [0.717, 1.165) is 26.5 Å². The maximum atomic E-state index is 12.6. The Bertz CT molecular complexity index is 861. The van der Waals surface area contributed by atoms with E-state index in [2.05, 4.69) is 26.2 Å². The van der Waals surface area contributed by atoms with Crippen molar-refractivity contribution in [3.63, 3.8) is 0 Å². The van der Waals surface area contributed by atoms with Crippen LogP contribution in [-0.2, 0) is 9.53 Å². The van der Waals surface area contributed by atoms with Crippen molar-refractivity contribution < 1.29 is 9.53 Å². The first kappa shape index (κ1) is 17.7. The van der Waals surface area contributed by atoms with Gasteiger partial charge >= 0.3 is 5.97 Å². The molecular weight excluding hydrogens is 380 g/mol. The first-order valence-electron chi connectivity index (χ1n) is 8.34. The molecule has 0 spiro atoms. The monoisotopic (exact) mass is 400 g/mol. The Balaban J connectivity index is 1.95. The van der Waals surface area contributed by atoms with Gasteiger partial charge < -0.3 is 9.72 Å². The number of ether oxygens (including phenoxy) is 1. The number of benzene rings is 2. The highest BCUT2D eigenvalue weighted by atomic mass is 79.9. The van der Waals surface area contributed by atoms with Gasteiger partial charge in [-0.2, -0.15) is 0 Å². The summed E-state index contributed by atoms with van der Waals surface area (Å²) in [6.45, 7) is 4.22. The molecule has 130 valence electrons. The van der Waals surface area contributed by atoms with E-state index >= 15 is 0 Å². The summed E-state index contributed by atoms with van der Waals surface area (Å²) in [5.74, 6) is -0.269. The van der Waals surface area contributed by atoms with Crippen molar-refractivity contribution in [3.05, 3.63) is 70.3 Å². The largest absolute Gasteiger partial charge is 0.465 e. The van der Waals surface area contributed by atoms with Crippen LogP contribution in [-0.4, -0.2) is 17.6 Å². The Labute approximate surface area is 155 Å². The molecule has 4 nitrogen and oxygen atoms in total. The molecule has 0 saturated heterocycles. The number of fused-ring (bicyclic) bond motifs is 1. The van der Waals surface area contributed by atoms with Gasteiger partial charge in [-0.25, -0.2) is 4.79 Å². The van der Waals surface area contributed by atoms with Gasteiger partial charge in [0, 0.05) is 33.2 Å². The van der Waals surface area contributed by atoms with Crippen LogP contribution in [0.1, 0.15) is 37.1 Å². The summed E-state index contributed by atoms with van der Waals surface area (Å²) in [5, 5.41) is 4.43. The van der Waals surface area contributed by atoms with Gasteiger partial charge in [0.2, 0.25) is 0 Å². The normalized spacial score (nSPS) is 13.6. The molecule has 0 aliphatic carbocycles. The first-order chi connectivity index (χ1) is 12.1. The van der Waals surface area contributed by atoms with E-state index in [1.54, 1.807) is 0 Å². The second-order valence-corrected chi connectivity index (χ2v) is 6.83. The molecule has 2 aromatic carbocycles. The highest BCUT2D eigenvalue weighted by Gasteiger charge is 2.26. The van der Waals surface area contributed by atoms with Crippen LogP contribution in [0, 0.1) is 0 Å². The molecule has 1 aromatic heterocycles. The number of aromatic amines is 1. The predicted octanol–water partition coefficient (Wildman–Crippen LogP) is 4.89. The predicted molar refractivity (Wildman–Crippen MR) is 103 cm³/mol. The Morgan fingerprint density at radius 2 is 2.00 bits per heavy atom. The van der Waals surface area contributed by atoms with Gasteiger partial charge in [-0.3, -0.25) is 5.32 Å². The van der Waals surface area contributed by atoms with E-state index in [4.69, 9.17) is 4.74 Å². The summed E-state index contributed by atoms with van der Waals surface area (Å²) < 4.78 is 6.30. The van der Waals surface area contributed by atoms with E-state index in [0.29, 0.717) is 6.61 Å². The van der Waals surface area contributed by atoms with Gasteiger partial charge in [-0.1, -0.05) is 52.3 Å². The number of H-pyrrole nitrogens is 1. The number of hydrogen-bond donors (Lipinski definition) is 2. The van der Waals surface area contributed by atoms with Crippen LogP contribution >= 0.6 is 15.9 Å². The topological polar surface area (TPSA) is 54.1 Å². The van der Waals surface area contributed by atoms with Crippen LogP contribution in [0.5, 0.6) is 0 Å². The molecule has 25 heavy (non-hydrogen) atoms. The fraction of sp³-hybridized carbons (Fsp3) is 0.250. The van der Waals surface area contributed by atoms with Crippen molar-refractivity contribution in [2.24, 2.45) is 0 Å². The number of esters is 1. The number of hydrogen-bond acceptors (Lipinski definition) is 3. The fourth-order valence-corrected chi connectivity index (χ4v) is 3.32. The number of nitrogens with one attached hydrogen (secondary N) is 2. The average Bonchev–Trinajstić information content (AvgIpc) is 3.03. The van der Waals surface area contributed by atoms with Crippen LogP contribution in [0.15, 0.2) is 59.2 Å². The molecule has 1 heterocycles. The maximum absolute atomic E-state index is 12.6. The van der Waals surface area contributed by atoms with Crippen LogP contribution in [0.4, 0.5) is 0 Å². The molecular formula is C20H21BrN2O2. The second kappa shape index (κ2) is 7.85. The van der Waals surface area contributed by atoms with E-state index < -0.39 is 6.04 Å². The SMILES string of the molecule is CCOC(=O)C(N[C@H](C)c1ccccc1)c1c[nH]c2cc(Br)ccc12. The third-order valence-electron chi connectivity index (χ3n) is 4.23. The quantitative estimate of drug-likeness (QED) is 0.579. The Hall–Kier alpha value is -2.11. The van der Waals surface area contributed by atoms with Crippen molar-refractivity contribution in [2.75, 3.05) is 6.61 Å². The molecule has 0 aliphatic rings. The molecule has 2 atom stereocenters. The lowest BCUT2D eigenvalue weighted by Crippen LogP contribution is -2.32. The summed E-state index contributed by atoms with van der Waals surface area (Å²) in [6.07, 6.45) is 1.88. The highest BCUT2D eigenvalue weighted by Crippen LogP contribution is 2.29. The minimum absolute atomic E-state index is 0.0102. The van der Waals surface area contributed by atoms with Gasteiger partial charge in [-0.15, -0.1) is 0 Å². The summed E-state index contributed by atoms with van der Waals surface area (Å²) in [4.78, 5) is 15.9. The Morgan fingerprint density at radius 3 is 2.72 bits per heavy atom. The summed E-state index contributed by atoms with van der Waals surface area (Å²) in [5.41, 5.74) is 3.00. The number of carbonyl (C=O) groups is 1. The molecule has 0 fully saturated rings.